The highest BCUT2D eigenvalue weighted by atomic mass is 16.7. The molecule has 1 saturated heterocycles. The minimum Gasteiger partial charge on any atom is -0.387 e. The van der Waals surface area contributed by atoms with Crippen LogP contribution < -0.4 is 0 Å². The van der Waals surface area contributed by atoms with Gasteiger partial charge in [0.1, 0.15) is 24.4 Å². The Bertz CT molecular complexity index is 312. The van der Waals surface area contributed by atoms with Gasteiger partial charge in [-0.1, -0.05) is 26.7 Å². The number of rotatable bonds is 12. The largest absolute Gasteiger partial charge is 0.387 e. The summed E-state index contributed by atoms with van der Waals surface area (Å²) in [5.41, 5.74) is 0. The van der Waals surface area contributed by atoms with Gasteiger partial charge in [0, 0.05) is 20.3 Å². The van der Waals surface area contributed by atoms with Crippen LogP contribution in [0, 0.1) is 0 Å². The number of methoxy groups -OCH3 is 1. The molecule has 0 aromatic rings. The third kappa shape index (κ3) is 6.94. The fourth-order valence-corrected chi connectivity index (χ4v) is 2.76. The van der Waals surface area contributed by atoms with E-state index < -0.39 is 30.7 Å². The standard InChI is InChI=1S/C18H36O6/c1-6-8-9-11-22-17-16(21-10-7-2)15(19)14(12-20-5)24-18(17)23-13(3)4/h13-19H,6-12H2,1-5H3/t14-,15-,16+,17-,18?/m1/s1. The second-order valence-corrected chi connectivity index (χ2v) is 6.55. The summed E-state index contributed by atoms with van der Waals surface area (Å²) in [6.07, 6.45) is 1.28. The predicted molar refractivity (Wildman–Crippen MR) is 92.1 cm³/mol. The smallest absolute Gasteiger partial charge is 0.187 e. The Balaban J connectivity index is 2.83. The zero-order valence-corrected chi connectivity index (χ0v) is 15.9. The summed E-state index contributed by atoms with van der Waals surface area (Å²) in [5.74, 6) is 0. The molecule has 6 heteroatoms. The van der Waals surface area contributed by atoms with Crippen molar-refractivity contribution in [2.45, 2.75) is 90.2 Å². The Morgan fingerprint density at radius 2 is 1.71 bits per heavy atom. The molecule has 1 unspecified atom stereocenters. The quantitative estimate of drug-likeness (QED) is 0.547. The van der Waals surface area contributed by atoms with E-state index in [-0.39, 0.29) is 12.7 Å². The van der Waals surface area contributed by atoms with Crippen molar-refractivity contribution in [3.63, 3.8) is 0 Å². The molecule has 0 amide bonds. The minimum absolute atomic E-state index is 0.0120. The molecule has 0 bridgehead atoms. The number of hydrogen-bond acceptors (Lipinski definition) is 6. The van der Waals surface area contributed by atoms with Gasteiger partial charge in [0.15, 0.2) is 6.29 Å². The van der Waals surface area contributed by atoms with Crippen LogP contribution in [-0.2, 0) is 23.7 Å². The molecule has 1 N–H and O–H groups in total. The monoisotopic (exact) mass is 348 g/mol. The number of aliphatic hydroxyl groups excluding tert-OH is 1. The van der Waals surface area contributed by atoms with E-state index in [0.29, 0.717) is 13.2 Å². The number of ether oxygens (including phenoxy) is 5. The summed E-state index contributed by atoms with van der Waals surface area (Å²) in [6.45, 7) is 9.55. The average Bonchev–Trinajstić information content (AvgIpc) is 2.54. The second-order valence-electron chi connectivity index (χ2n) is 6.55. The first-order valence-electron chi connectivity index (χ1n) is 9.26. The van der Waals surface area contributed by atoms with E-state index >= 15 is 0 Å². The van der Waals surface area contributed by atoms with E-state index in [4.69, 9.17) is 23.7 Å². The molecule has 144 valence electrons. The fraction of sp³-hybridized carbons (Fsp3) is 1.00. The van der Waals surface area contributed by atoms with E-state index in [2.05, 4.69) is 6.92 Å². The number of hydrogen-bond donors (Lipinski definition) is 1. The topological polar surface area (TPSA) is 66.4 Å². The average molecular weight is 348 g/mol. The summed E-state index contributed by atoms with van der Waals surface area (Å²) in [4.78, 5) is 0. The predicted octanol–water partition coefficient (Wildman–Crippen LogP) is 2.51. The van der Waals surface area contributed by atoms with Gasteiger partial charge in [0.2, 0.25) is 0 Å². The van der Waals surface area contributed by atoms with Crippen molar-refractivity contribution in [3.8, 4) is 0 Å². The lowest BCUT2D eigenvalue weighted by atomic mass is 9.98. The Hall–Kier alpha value is -0.240. The van der Waals surface area contributed by atoms with Crippen LogP contribution in [0.2, 0.25) is 0 Å². The van der Waals surface area contributed by atoms with E-state index in [1.807, 2.05) is 20.8 Å². The maximum Gasteiger partial charge on any atom is 0.187 e. The highest BCUT2D eigenvalue weighted by molar-refractivity contribution is 4.92. The van der Waals surface area contributed by atoms with Gasteiger partial charge in [-0.25, -0.2) is 0 Å². The van der Waals surface area contributed by atoms with Crippen molar-refractivity contribution >= 4 is 0 Å². The molecule has 0 radical (unpaired) electrons. The Kier molecular flexibility index (Phi) is 11.1. The molecule has 1 aliphatic rings. The van der Waals surface area contributed by atoms with Crippen molar-refractivity contribution in [1.82, 2.24) is 0 Å². The molecule has 0 spiro atoms. The molecule has 0 saturated carbocycles. The van der Waals surface area contributed by atoms with Gasteiger partial charge in [-0.3, -0.25) is 0 Å². The summed E-state index contributed by atoms with van der Waals surface area (Å²) >= 11 is 0. The summed E-state index contributed by atoms with van der Waals surface area (Å²) in [5, 5.41) is 10.6. The normalized spacial score (nSPS) is 30.9. The second kappa shape index (κ2) is 12.2. The Labute approximate surface area is 146 Å². The van der Waals surface area contributed by atoms with Crippen LogP contribution in [0.1, 0.15) is 53.4 Å². The van der Waals surface area contributed by atoms with E-state index in [0.717, 1.165) is 25.7 Å². The third-order valence-corrected chi connectivity index (χ3v) is 3.93. The molecule has 6 nitrogen and oxygen atoms in total. The molecular weight excluding hydrogens is 312 g/mol. The number of aliphatic hydroxyl groups is 1. The fourth-order valence-electron chi connectivity index (χ4n) is 2.76. The molecule has 0 aromatic carbocycles. The lowest BCUT2D eigenvalue weighted by Gasteiger charge is -2.44. The van der Waals surface area contributed by atoms with Crippen LogP contribution in [0.5, 0.6) is 0 Å². The van der Waals surface area contributed by atoms with Gasteiger partial charge in [-0.05, 0) is 26.7 Å². The molecule has 1 rings (SSSR count). The van der Waals surface area contributed by atoms with Crippen molar-refractivity contribution < 1.29 is 28.8 Å². The zero-order valence-electron chi connectivity index (χ0n) is 15.9. The zero-order chi connectivity index (χ0) is 17.9. The molecule has 0 aromatic heterocycles. The highest BCUT2D eigenvalue weighted by Crippen LogP contribution is 2.28. The molecule has 1 aliphatic heterocycles. The molecule has 1 heterocycles. The van der Waals surface area contributed by atoms with Crippen LogP contribution >= 0.6 is 0 Å². The van der Waals surface area contributed by atoms with E-state index in [9.17, 15) is 5.11 Å². The van der Waals surface area contributed by atoms with Gasteiger partial charge >= 0.3 is 0 Å². The van der Waals surface area contributed by atoms with E-state index in [1.165, 1.54) is 0 Å². The van der Waals surface area contributed by atoms with Crippen molar-refractivity contribution in [3.05, 3.63) is 0 Å². The molecular formula is C18H36O6. The first-order chi connectivity index (χ1) is 11.5. The summed E-state index contributed by atoms with van der Waals surface area (Å²) in [7, 11) is 1.59. The lowest BCUT2D eigenvalue weighted by molar-refractivity contribution is -0.323. The first-order valence-corrected chi connectivity index (χ1v) is 9.26. The first kappa shape index (κ1) is 21.8. The van der Waals surface area contributed by atoms with Crippen LogP contribution in [0.3, 0.4) is 0 Å². The summed E-state index contributed by atoms with van der Waals surface area (Å²) < 4.78 is 28.9. The SMILES string of the molecule is CCCCCO[C@H]1C(OC(C)C)O[C@H](COC)[C@@H](O)[C@@H]1OCCC. The van der Waals surface area contributed by atoms with Gasteiger partial charge in [0.25, 0.3) is 0 Å². The van der Waals surface area contributed by atoms with Crippen molar-refractivity contribution in [1.29, 1.82) is 0 Å². The van der Waals surface area contributed by atoms with Gasteiger partial charge < -0.3 is 28.8 Å². The highest BCUT2D eigenvalue weighted by Gasteiger charge is 2.47. The maximum absolute atomic E-state index is 10.6. The van der Waals surface area contributed by atoms with Crippen LogP contribution in [0.25, 0.3) is 0 Å². The Morgan fingerprint density at radius 1 is 1.00 bits per heavy atom. The van der Waals surface area contributed by atoms with Gasteiger partial charge in [-0.15, -0.1) is 0 Å². The van der Waals surface area contributed by atoms with E-state index in [1.54, 1.807) is 7.11 Å². The van der Waals surface area contributed by atoms with Gasteiger partial charge in [-0.2, -0.15) is 0 Å². The van der Waals surface area contributed by atoms with Crippen LogP contribution in [-0.4, -0.2) is 68.8 Å². The summed E-state index contributed by atoms with van der Waals surface area (Å²) in [6, 6.07) is 0. The van der Waals surface area contributed by atoms with Crippen molar-refractivity contribution in [2.24, 2.45) is 0 Å². The number of unbranched alkanes of at least 4 members (excludes halogenated alkanes) is 2. The molecule has 5 atom stereocenters. The minimum atomic E-state index is -0.806. The van der Waals surface area contributed by atoms with Crippen LogP contribution in [0.15, 0.2) is 0 Å². The third-order valence-electron chi connectivity index (χ3n) is 3.93. The molecule has 1 fully saturated rings. The molecule has 24 heavy (non-hydrogen) atoms. The maximum atomic E-state index is 10.6. The Morgan fingerprint density at radius 3 is 2.29 bits per heavy atom. The molecule has 0 aliphatic carbocycles. The van der Waals surface area contributed by atoms with Crippen molar-refractivity contribution in [2.75, 3.05) is 26.9 Å². The van der Waals surface area contributed by atoms with Gasteiger partial charge in [0.05, 0.1) is 12.7 Å². The van der Waals surface area contributed by atoms with Crippen LogP contribution in [0.4, 0.5) is 0 Å². The lowest BCUT2D eigenvalue weighted by Crippen LogP contribution is -2.61.